The van der Waals surface area contributed by atoms with Crippen LogP contribution in [0.25, 0.3) is 0 Å². The number of benzene rings is 2. The number of unbranched alkanes of at least 4 members (excludes halogenated alkanes) is 1. The van der Waals surface area contributed by atoms with Gasteiger partial charge in [0.2, 0.25) is 0 Å². The van der Waals surface area contributed by atoms with E-state index in [4.69, 9.17) is 13.9 Å². The first-order chi connectivity index (χ1) is 10.9. The molecule has 3 nitrogen and oxygen atoms in total. The van der Waals surface area contributed by atoms with Gasteiger partial charge < -0.3 is 13.9 Å². The number of rotatable bonds is 10. The molecule has 2 rings (SSSR count). The summed E-state index contributed by atoms with van der Waals surface area (Å²) in [6.07, 6.45) is 2.05. The quantitative estimate of drug-likeness (QED) is 0.379. The Bertz CT molecular complexity index is 463. The molecule has 0 N–H and O–H groups in total. The molecule has 0 aromatic heterocycles. The largest absolute Gasteiger partial charge is 0.452 e. The van der Waals surface area contributed by atoms with E-state index in [1.54, 1.807) is 0 Å². The summed E-state index contributed by atoms with van der Waals surface area (Å²) in [6.45, 7) is 2.67. The molecule has 0 fully saturated rings. The summed E-state index contributed by atoms with van der Waals surface area (Å²) in [5.74, 6) is 1.59. The van der Waals surface area contributed by atoms with Gasteiger partial charge in [0.15, 0.2) is 9.76 Å². The van der Waals surface area contributed by atoms with E-state index >= 15 is 0 Å². The summed E-state index contributed by atoms with van der Waals surface area (Å²) < 4.78 is 17.6. The lowest BCUT2D eigenvalue weighted by Gasteiger charge is -2.20. The van der Waals surface area contributed by atoms with Crippen LogP contribution in [0.3, 0.4) is 0 Å². The number of hydrogen-bond donors (Lipinski definition) is 0. The molecular formula is C18H24O3Si. The summed E-state index contributed by atoms with van der Waals surface area (Å²) >= 11 is 0. The van der Waals surface area contributed by atoms with E-state index in [2.05, 4.69) is 6.92 Å². The Hall–Kier alpha value is -1.78. The predicted octanol–water partition coefficient (Wildman–Crippen LogP) is 3.79. The monoisotopic (exact) mass is 316 g/mol. The van der Waals surface area contributed by atoms with Crippen LogP contribution in [0.5, 0.6) is 11.5 Å². The summed E-state index contributed by atoms with van der Waals surface area (Å²) in [4.78, 5) is 0. The molecule has 0 aliphatic rings. The lowest BCUT2D eigenvalue weighted by atomic mass is 10.3. The SMILES string of the molecule is CCCC[SiH2]OCC(Oc1ccccc1)Oc1ccccc1. The molecule has 0 heterocycles. The molecule has 0 radical (unpaired) electrons. The Balaban J connectivity index is 1.88. The molecule has 0 atom stereocenters. The molecule has 0 spiro atoms. The van der Waals surface area contributed by atoms with Crippen LogP contribution in [-0.4, -0.2) is 22.7 Å². The smallest absolute Gasteiger partial charge is 0.262 e. The highest BCUT2D eigenvalue weighted by molar-refractivity contribution is 6.26. The molecule has 22 heavy (non-hydrogen) atoms. The first-order valence-electron chi connectivity index (χ1n) is 7.89. The first-order valence-corrected chi connectivity index (χ1v) is 9.47. The second kappa shape index (κ2) is 10.0. The number of para-hydroxylation sites is 2. The minimum atomic E-state index is -0.481. The van der Waals surface area contributed by atoms with Crippen molar-refractivity contribution in [2.75, 3.05) is 6.61 Å². The average Bonchev–Trinajstić information content (AvgIpc) is 2.56. The third-order valence-corrected chi connectivity index (χ3v) is 4.48. The van der Waals surface area contributed by atoms with Gasteiger partial charge in [-0.05, 0) is 30.3 Å². The van der Waals surface area contributed by atoms with Gasteiger partial charge in [0.25, 0.3) is 6.29 Å². The van der Waals surface area contributed by atoms with E-state index in [1.165, 1.54) is 18.9 Å². The normalized spacial score (nSPS) is 11.2. The van der Waals surface area contributed by atoms with Crippen LogP contribution in [0.1, 0.15) is 19.8 Å². The van der Waals surface area contributed by atoms with Crippen LogP contribution in [0.2, 0.25) is 6.04 Å². The topological polar surface area (TPSA) is 27.7 Å². The fourth-order valence-corrected chi connectivity index (χ4v) is 3.29. The minimum absolute atomic E-state index is 0.418. The summed E-state index contributed by atoms with van der Waals surface area (Å²) in [5.41, 5.74) is 0. The van der Waals surface area contributed by atoms with Gasteiger partial charge in [-0.15, -0.1) is 0 Å². The molecule has 0 saturated heterocycles. The van der Waals surface area contributed by atoms with Gasteiger partial charge in [0.1, 0.15) is 18.1 Å². The van der Waals surface area contributed by atoms with Gasteiger partial charge in [0.05, 0.1) is 0 Å². The van der Waals surface area contributed by atoms with Crippen LogP contribution in [0.15, 0.2) is 60.7 Å². The Labute approximate surface area is 135 Å². The Morgan fingerprint density at radius 3 is 1.91 bits per heavy atom. The molecular weight excluding hydrogens is 292 g/mol. The maximum atomic E-state index is 5.90. The van der Waals surface area contributed by atoms with Crippen LogP contribution in [0.4, 0.5) is 0 Å². The standard InChI is InChI=1S/C18H24O3Si/c1-2-3-14-22-19-15-18(20-16-10-6-4-7-11-16)21-17-12-8-5-9-13-17/h4-13,18H,2-3,14-15,22H2,1H3. The van der Waals surface area contributed by atoms with Gasteiger partial charge in [-0.3, -0.25) is 0 Å². The van der Waals surface area contributed by atoms with E-state index in [0.29, 0.717) is 6.61 Å². The van der Waals surface area contributed by atoms with Gasteiger partial charge in [-0.2, -0.15) is 0 Å². The third kappa shape index (κ3) is 6.33. The zero-order chi connectivity index (χ0) is 15.5. The van der Waals surface area contributed by atoms with Crippen LogP contribution in [0, 0.1) is 0 Å². The molecule has 2 aromatic carbocycles. The second-order valence-corrected chi connectivity index (χ2v) is 6.60. The van der Waals surface area contributed by atoms with Crippen molar-refractivity contribution in [1.82, 2.24) is 0 Å². The number of ether oxygens (including phenoxy) is 2. The van der Waals surface area contributed by atoms with Crippen molar-refractivity contribution in [1.29, 1.82) is 0 Å². The Morgan fingerprint density at radius 1 is 0.864 bits per heavy atom. The molecule has 0 saturated carbocycles. The molecule has 118 valence electrons. The van der Waals surface area contributed by atoms with Gasteiger partial charge >= 0.3 is 0 Å². The predicted molar refractivity (Wildman–Crippen MR) is 92.1 cm³/mol. The fourth-order valence-electron chi connectivity index (χ4n) is 2.03. The molecule has 0 aliphatic heterocycles. The lowest BCUT2D eigenvalue weighted by Crippen LogP contribution is -2.30. The summed E-state index contributed by atoms with van der Waals surface area (Å²) in [5, 5.41) is 0. The highest BCUT2D eigenvalue weighted by Gasteiger charge is 2.12. The van der Waals surface area contributed by atoms with E-state index in [1.807, 2.05) is 60.7 Å². The van der Waals surface area contributed by atoms with Gasteiger partial charge in [-0.1, -0.05) is 56.2 Å². The van der Waals surface area contributed by atoms with Crippen molar-refractivity contribution < 1.29 is 13.9 Å². The summed E-state index contributed by atoms with van der Waals surface area (Å²) in [7, 11) is -0.481. The van der Waals surface area contributed by atoms with Crippen molar-refractivity contribution in [3.05, 3.63) is 60.7 Å². The number of hydrogen-bond acceptors (Lipinski definition) is 3. The van der Waals surface area contributed by atoms with Crippen LogP contribution in [-0.2, 0) is 4.43 Å². The Morgan fingerprint density at radius 2 is 1.41 bits per heavy atom. The molecule has 0 amide bonds. The van der Waals surface area contributed by atoms with E-state index in [-0.39, 0.29) is 0 Å². The zero-order valence-electron chi connectivity index (χ0n) is 13.1. The van der Waals surface area contributed by atoms with E-state index in [0.717, 1.165) is 11.5 Å². The van der Waals surface area contributed by atoms with E-state index in [9.17, 15) is 0 Å². The molecule has 2 aromatic rings. The van der Waals surface area contributed by atoms with Crippen molar-refractivity contribution in [2.45, 2.75) is 32.1 Å². The maximum absolute atomic E-state index is 5.90. The zero-order valence-corrected chi connectivity index (χ0v) is 14.5. The second-order valence-electron chi connectivity index (χ2n) is 5.07. The molecule has 0 unspecified atom stereocenters. The van der Waals surface area contributed by atoms with Crippen molar-refractivity contribution >= 4 is 9.76 Å². The molecule has 0 aliphatic carbocycles. The lowest BCUT2D eigenvalue weighted by molar-refractivity contribution is -0.0272. The van der Waals surface area contributed by atoms with Crippen molar-refractivity contribution in [2.24, 2.45) is 0 Å². The third-order valence-electron chi connectivity index (χ3n) is 3.17. The van der Waals surface area contributed by atoms with Crippen LogP contribution < -0.4 is 9.47 Å². The summed E-state index contributed by atoms with van der Waals surface area (Å²) in [6, 6.07) is 20.6. The minimum Gasteiger partial charge on any atom is -0.452 e. The maximum Gasteiger partial charge on any atom is 0.262 e. The highest BCUT2D eigenvalue weighted by atomic mass is 28.2. The van der Waals surface area contributed by atoms with Gasteiger partial charge in [-0.25, -0.2) is 0 Å². The van der Waals surface area contributed by atoms with E-state index < -0.39 is 16.1 Å². The Kier molecular flexibility index (Phi) is 7.56. The fraction of sp³-hybridized carbons (Fsp3) is 0.333. The van der Waals surface area contributed by atoms with Crippen molar-refractivity contribution in [3.63, 3.8) is 0 Å². The molecule has 4 heteroatoms. The highest BCUT2D eigenvalue weighted by Crippen LogP contribution is 2.16. The van der Waals surface area contributed by atoms with Gasteiger partial charge in [0, 0.05) is 0 Å². The van der Waals surface area contributed by atoms with Crippen LogP contribution >= 0.6 is 0 Å². The molecule has 0 bridgehead atoms. The average molecular weight is 316 g/mol. The van der Waals surface area contributed by atoms with Crippen molar-refractivity contribution in [3.8, 4) is 11.5 Å². The first kappa shape index (κ1) is 16.6.